The van der Waals surface area contributed by atoms with Crippen LogP contribution in [0.4, 0.5) is 0 Å². The number of aromatic amines is 1. The zero-order chi connectivity index (χ0) is 14.9. The molecule has 0 spiro atoms. The molecule has 3 N–H and O–H groups in total. The first kappa shape index (κ1) is 14.3. The molecule has 2 rings (SSSR count). The summed E-state index contributed by atoms with van der Waals surface area (Å²) in [5, 5.41) is 11.7. The Morgan fingerprint density at radius 1 is 1.40 bits per heavy atom. The van der Waals surface area contributed by atoms with Gasteiger partial charge in [0, 0.05) is 5.69 Å². The van der Waals surface area contributed by atoms with E-state index in [2.05, 4.69) is 10.3 Å². The van der Waals surface area contributed by atoms with E-state index in [-0.39, 0.29) is 12.0 Å². The topological polar surface area (TPSA) is 99.3 Å². The third-order valence-corrected chi connectivity index (χ3v) is 3.77. The number of aryl methyl sites for hydroxylation is 2. The number of amides is 1. The van der Waals surface area contributed by atoms with Gasteiger partial charge in [-0.15, -0.1) is 0 Å². The molecule has 1 fully saturated rings. The molecule has 1 aromatic rings. The maximum atomic E-state index is 12.3. The fraction of sp³-hybridized carbons (Fsp3) is 0.500. The van der Waals surface area contributed by atoms with E-state index in [1.54, 1.807) is 19.9 Å². The highest BCUT2D eigenvalue weighted by molar-refractivity contribution is 5.96. The van der Waals surface area contributed by atoms with Crippen LogP contribution in [0.15, 0.2) is 10.9 Å². The second-order valence-corrected chi connectivity index (χ2v) is 5.50. The molecule has 0 atom stereocenters. The molecule has 1 aliphatic carbocycles. The van der Waals surface area contributed by atoms with Crippen LogP contribution in [0, 0.1) is 13.8 Å². The Morgan fingerprint density at radius 2 is 2.05 bits per heavy atom. The van der Waals surface area contributed by atoms with Gasteiger partial charge in [-0.3, -0.25) is 14.4 Å². The predicted octanol–water partition coefficient (Wildman–Crippen LogP) is 1.12. The Morgan fingerprint density at radius 3 is 2.50 bits per heavy atom. The molecule has 20 heavy (non-hydrogen) atoms. The van der Waals surface area contributed by atoms with Gasteiger partial charge in [0.1, 0.15) is 5.56 Å². The first-order valence-electron chi connectivity index (χ1n) is 6.58. The first-order valence-corrected chi connectivity index (χ1v) is 6.58. The van der Waals surface area contributed by atoms with Crippen LogP contribution in [0.3, 0.4) is 0 Å². The van der Waals surface area contributed by atoms with Crippen LogP contribution in [0.5, 0.6) is 0 Å². The minimum atomic E-state index is -0.945. The summed E-state index contributed by atoms with van der Waals surface area (Å²) in [7, 11) is 0. The molecule has 0 saturated heterocycles. The van der Waals surface area contributed by atoms with Crippen molar-refractivity contribution in [1.82, 2.24) is 10.3 Å². The third kappa shape index (κ3) is 2.74. The first-order chi connectivity index (χ1) is 9.33. The van der Waals surface area contributed by atoms with E-state index in [0.29, 0.717) is 24.1 Å². The van der Waals surface area contributed by atoms with E-state index in [9.17, 15) is 14.4 Å². The van der Waals surface area contributed by atoms with Gasteiger partial charge in [0.2, 0.25) is 0 Å². The predicted molar refractivity (Wildman–Crippen MR) is 72.8 cm³/mol. The van der Waals surface area contributed by atoms with Crippen LogP contribution >= 0.6 is 0 Å². The lowest BCUT2D eigenvalue weighted by atomic mass is 9.74. The van der Waals surface area contributed by atoms with Crippen molar-refractivity contribution >= 4 is 11.9 Å². The van der Waals surface area contributed by atoms with Gasteiger partial charge >= 0.3 is 5.97 Å². The Kier molecular flexibility index (Phi) is 3.65. The molecule has 1 amide bonds. The Hall–Kier alpha value is -2.11. The molecular weight excluding hydrogens is 260 g/mol. The van der Waals surface area contributed by atoms with E-state index in [1.165, 1.54) is 0 Å². The van der Waals surface area contributed by atoms with Crippen molar-refractivity contribution in [3.05, 3.63) is 33.2 Å². The highest BCUT2D eigenvalue weighted by atomic mass is 16.4. The minimum absolute atomic E-state index is 0.0623. The molecule has 0 bridgehead atoms. The molecule has 1 aliphatic rings. The van der Waals surface area contributed by atoms with Crippen molar-refractivity contribution in [3.63, 3.8) is 0 Å². The van der Waals surface area contributed by atoms with Gasteiger partial charge in [-0.1, -0.05) is 0 Å². The van der Waals surface area contributed by atoms with Gasteiger partial charge in [0.05, 0.1) is 12.0 Å². The number of hydrogen-bond donors (Lipinski definition) is 3. The van der Waals surface area contributed by atoms with Gasteiger partial charge in [-0.05, 0) is 44.7 Å². The van der Waals surface area contributed by atoms with E-state index in [4.69, 9.17) is 5.11 Å². The number of carbonyl (C=O) groups excluding carboxylic acids is 1. The number of carboxylic acid groups (broad SMARTS) is 1. The van der Waals surface area contributed by atoms with Gasteiger partial charge in [0.15, 0.2) is 0 Å². The van der Waals surface area contributed by atoms with Gasteiger partial charge in [-0.2, -0.15) is 0 Å². The minimum Gasteiger partial charge on any atom is -0.481 e. The van der Waals surface area contributed by atoms with Crippen molar-refractivity contribution in [2.75, 3.05) is 0 Å². The van der Waals surface area contributed by atoms with Gasteiger partial charge in [0.25, 0.3) is 11.5 Å². The summed E-state index contributed by atoms with van der Waals surface area (Å²) in [5.74, 6) is -1.44. The summed E-state index contributed by atoms with van der Waals surface area (Å²) >= 11 is 0. The Labute approximate surface area is 116 Å². The summed E-state index contributed by atoms with van der Waals surface area (Å²) in [6.07, 6.45) is 2.04. The number of aliphatic carboxylic acids is 1. The Bertz CT molecular complexity index is 614. The van der Waals surface area contributed by atoms with Gasteiger partial charge < -0.3 is 15.4 Å². The third-order valence-electron chi connectivity index (χ3n) is 3.77. The summed E-state index contributed by atoms with van der Waals surface area (Å²) in [4.78, 5) is 37.6. The standard InChI is InChI=1S/C14H18N2O4/c1-8-6-9(2)15-12(19)11(8)13(20)16-14(4-3-5-14)7-10(17)18/h6H,3-5,7H2,1-2H3,(H,15,19)(H,16,20)(H,17,18). The normalized spacial score (nSPS) is 16.3. The SMILES string of the molecule is Cc1cc(C)c(C(=O)NC2(CC(=O)O)CCC2)c(=O)[nH]1. The lowest BCUT2D eigenvalue weighted by Gasteiger charge is -2.41. The second kappa shape index (κ2) is 5.11. The molecule has 0 radical (unpaired) electrons. The number of rotatable bonds is 4. The molecule has 1 saturated carbocycles. The average Bonchev–Trinajstić information content (AvgIpc) is 2.23. The highest BCUT2D eigenvalue weighted by Gasteiger charge is 2.40. The van der Waals surface area contributed by atoms with Crippen molar-refractivity contribution < 1.29 is 14.7 Å². The van der Waals surface area contributed by atoms with Crippen molar-refractivity contribution in [1.29, 1.82) is 0 Å². The van der Waals surface area contributed by atoms with Crippen molar-refractivity contribution in [3.8, 4) is 0 Å². The summed E-state index contributed by atoms with van der Waals surface area (Å²) in [6.45, 7) is 3.44. The number of carboxylic acids is 1. The van der Waals surface area contributed by atoms with Gasteiger partial charge in [-0.25, -0.2) is 0 Å². The number of nitrogens with one attached hydrogen (secondary N) is 2. The molecule has 0 aromatic carbocycles. The fourth-order valence-electron chi connectivity index (χ4n) is 2.68. The molecule has 108 valence electrons. The molecule has 0 aliphatic heterocycles. The van der Waals surface area contributed by atoms with E-state index >= 15 is 0 Å². The van der Waals surface area contributed by atoms with Crippen LogP contribution < -0.4 is 10.9 Å². The molecule has 1 aromatic heterocycles. The van der Waals surface area contributed by atoms with Crippen molar-refractivity contribution in [2.45, 2.75) is 45.1 Å². The second-order valence-electron chi connectivity index (χ2n) is 5.50. The lowest BCUT2D eigenvalue weighted by Crippen LogP contribution is -2.55. The zero-order valence-corrected chi connectivity index (χ0v) is 11.6. The zero-order valence-electron chi connectivity index (χ0n) is 11.6. The number of carbonyl (C=O) groups is 2. The highest BCUT2D eigenvalue weighted by Crippen LogP contribution is 2.35. The maximum absolute atomic E-state index is 12.3. The number of aromatic nitrogens is 1. The Balaban J connectivity index is 2.24. The largest absolute Gasteiger partial charge is 0.481 e. The molecule has 0 unspecified atom stereocenters. The molecule has 6 heteroatoms. The monoisotopic (exact) mass is 278 g/mol. The maximum Gasteiger partial charge on any atom is 0.305 e. The molecule has 6 nitrogen and oxygen atoms in total. The van der Waals surface area contributed by atoms with E-state index in [0.717, 1.165) is 6.42 Å². The van der Waals surface area contributed by atoms with E-state index in [1.807, 2.05) is 0 Å². The number of hydrogen-bond acceptors (Lipinski definition) is 3. The van der Waals surface area contributed by atoms with Crippen LogP contribution in [-0.2, 0) is 4.79 Å². The molecular formula is C14H18N2O4. The lowest BCUT2D eigenvalue weighted by molar-refractivity contribution is -0.139. The van der Waals surface area contributed by atoms with Crippen LogP contribution in [0.25, 0.3) is 0 Å². The molecule has 1 heterocycles. The number of H-pyrrole nitrogens is 1. The van der Waals surface area contributed by atoms with Crippen LogP contribution in [0.2, 0.25) is 0 Å². The van der Waals surface area contributed by atoms with E-state index < -0.39 is 23.0 Å². The summed E-state index contributed by atoms with van der Waals surface area (Å²) < 4.78 is 0. The van der Waals surface area contributed by atoms with Crippen LogP contribution in [-0.4, -0.2) is 27.5 Å². The van der Waals surface area contributed by atoms with Crippen LogP contribution in [0.1, 0.15) is 47.3 Å². The summed E-state index contributed by atoms with van der Waals surface area (Å²) in [5.41, 5.74) is 0.200. The summed E-state index contributed by atoms with van der Waals surface area (Å²) in [6, 6.07) is 1.72. The quantitative estimate of drug-likeness (QED) is 0.768. The smallest absolute Gasteiger partial charge is 0.305 e. The van der Waals surface area contributed by atoms with Crippen molar-refractivity contribution in [2.24, 2.45) is 0 Å². The number of pyridine rings is 1. The average molecular weight is 278 g/mol. The fourth-order valence-corrected chi connectivity index (χ4v) is 2.68.